The second-order valence-electron chi connectivity index (χ2n) is 4.77. The fraction of sp³-hybridized carbons (Fsp3) is 0.500. The van der Waals surface area contributed by atoms with Crippen molar-refractivity contribution in [2.24, 2.45) is 11.7 Å². The Morgan fingerprint density at radius 3 is 2.72 bits per heavy atom. The third-order valence-corrected chi connectivity index (χ3v) is 3.66. The maximum atomic E-state index is 12.4. The van der Waals surface area contributed by atoms with Crippen LogP contribution in [0, 0.1) is 5.92 Å². The molecule has 1 saturated carbocycles. The van der Waals surface area contributed by atoms with Gasteiger partial charge in [-0.3, -0.25) is 4.79 Å². The predicted molar refractivity (Wildman–Crippen MR) is 71.7 cm³/mol. The zero-order chi connectivity index (χ0) is 13.1. The van der Waals surface area contributed by atoms with Crippen molar-refractivity contribution in [3.05, 3.63) is 24.3 Å². The fourth-order valence-corrected chi connectivity index (χ4v) is 2.57. The number of amides is 1. The maximum absolute atomic E-state index is 12.4. The number of hydrogen-bond donors (Lipinski definition) is 1. The molecule has 2 rings (SSSR count). The van der Waals surface area contributed by atoms with E-state index in [0.29, 0.717) is 5.75 Å². The lowest BCUT2D eigenvalue weighted by molar-refractivity contribution is -0.122. The molecule has 2 atom stereocenters. The summed E-state index contributed by atoms with van der Waals surface area (Å²) in [4.78, 5) is 14.1. The summed E-state index contributed by atoms with van der Waals surface area (Å²) in [6.07, 6.45) is 2.87. The molecule has 1 aromatic carbocycles. The Hall–Kier alpha value is -1.55. The van der Waals surface area contributed by atoms with E-state index in [4.69, 9.17) is 10.5 Å². The molecule has 0 heterocycles. The molecule has 1 aliphatic rings. The number of carbonyl (C=O) groups excluding carboxylic acids is 1. The highest BCUT2D eigenvalue weighted by atomic mass is 16.5. The van der Waals surface area contributed by atoms with Crippen LogP contribution in [0.25, 0.3) is 0 Å². The van der Waals surface area contributed by atoms with Crippen LogP contribution in [-0.4, -0.2) is 26.1 Å². The van der Waals surface area contributed by atoms with Crippen molar-refractivity contribution in [2.45, 2.75) is 25.3 Å². The lowest BCUT2D eigenvalue weighted by atomic mass is 10.0. The molecule has 1 amide bonds. The summed E-state index contributed by atoms with van der Waals surface area (Å²) in [7, 11) is 3.39. The third-order valence-electron chi connectivity index (χ3n) is 3.66. The van der Waals surface area contributed by atoms with E-state index in [1.54, 1.807) is 19.1 Å². The SMILES string of the molecule is COc1ccccc1N(C)C(=O)C1CCCC1N. The number of benzene rings is 1. The Kier molecular flexibility index (Phi) is 3.87. The molecular formula is C14H20N2O2. The average molecular weight is 248 g/mol. The summed E-state index contributed by atoms with van der Waals surface area (Å²) in [5, 5.41) is 0. The minimum atomic E-state index is -0.0556. The molecule has 1 aliphatic carbocycles. The van der Waals surface area contributed by atoms with E-state index >= 15 is 0 Å². The minimum Gasteiger partial charge on any atom is -0.495 e. The average Bonchev–Trinajstić information content (AvgIpc) is 2.83. The van der Waals surface area contributed by atoms with Gasteiger partial charge in [0.15, 0.2) is 0 Å². The topological polar surface area (TPSA) is 55.6 Å². The van der Waals surface area contributed by atoms with Crippen molar-refractivity contribution in [3.8, 4) is 5.75 Å². The number of nitrogens with zero attached hydrogens (tertiary/aromatic N) is 1. The molecule has 0 aliphatic heterocycles. The first-order valence-electron chi connectivity index (χ1n) is 6.31. The molecular weight excluding hydrogens is 228 g/mol. The fourth-order valence-electron chi connectivity index (χ4n) is 2.57. The first-order valence-corrected chi connectivity index (χ1v) is 6.31. The molecule has 1 aromatic rings. The first kappa shape index (κ1) is 12.9. The lowest BCUT2D eigenvalue weighted by Crippen LogP contribution is -2.39. The Bertz CT molecular complexity index is 434. The number of carbonyl (C=O) groups is 1. The Morgan fingerprint density at radius 1 is 1.39 bits per heavy atom. The van der Waals surface area contributed by atoms with Gasteiger partial charge in [-0.15, -0.1) is 0 Å². The Labute approximate surface area is 108 Å². The van der Waals surface area contributed by atoms with E-state index in [9.17, 15) is 4.79 Å². The molecule has 2 unspecified atom stereocenters. The third kappa shape index (κ3) is 2.34. The van der Waals surface area contributed by atoms with Crippen molar-refractivity contribution < 1.29 is 9.53 Å². The lowest BCUT2D eigenvalue weighted by Gasteiger charge is -2.24. The number of rotatable bonds is 3. The van der Waals surface area contributed by atoms with Crippen molar-refractivity contribution in [1.29, 1.82) is 0 Å². The molecule has 0 bridgehead atoms. The van der Waals surface area contributed by atoms with Crippen molar-refractivity contribution >= 4 is 11.6 Å². The van der Waals surface area contributed by atoms with Crippen LogP contribution in [0.3, 0.4) is 0 Å². The molecule has 18 heavy (non-hydrogen) atoms. The van der Waals surface area contributed by atoms with Crippen molar-refractivity contribution in [3.63, 3.8) is 0 Å². The zero-order valence-corrected chi connectivity index (χ0v) is 10.9. The number of methoxy groups -OCH3 is 1. The van der Waals surface area contributed by atoms with Crippen LogP contribution in [0.1, 0.15) is 19.3 Å². The first-order chi connectivity index (χ1) is 8.65. The zero-order valence-electron chi connectivity index (χ0n) is 10.9. The maximum Gasteiger partial charge on any atom is 0.231 e. The standard InChI is InChI=1S/C14H20N2O2/c1-16(12-8-3-4-9-13(12)18-2)14(17)10-6-5-7-11(10)15/h3-4,8-11H,5-7,15H2,1-2H3. The minimum absolute atomic E-state index is 0.00495. The highest BCUT2D eigenvalue weighted by Crippen LogP contribution is 2.31. The smallest absolute Gasteiger partial charge is 0.231 e. The van der Waals surface area contributed by atoms with Gasteiger partial charge in [-0.05, 0) is 25.0 Å². The largest absolute Gasteiger partial charge is 0.495 e. The van der Waals surface area contributed by atoms with Crippen LogP contribution in [-0.2, 0) is 4.79 Å². The van der Waals surface area contributed by atoms with E-state index in [2.05, 4.69) is 0 Å². The van der Waals surface area contributed by atoms with Gasteiger partial charge in [-0.25, -0.2) is 0 Å². The van der Waals surface area contributed by atoms with Crippen LogP contribution >= 0.6 is 0 Å². The molecule has 2 N–H and O–H groups in total. The van der Waals surface area contributed by atoms with Crippen LogP contribution in [0.2, 0.25) is 0 Å². The highest BCUT2D eigenvalue weighted by molar-refractivity contribution is 5.96. The van der Waals surface area contributed by atoms with Crippen LogP contribution < -0.4 is 15.4 Å². The number of anilines is 1. The monoisotopic (exact) mass is 248 g/mol. The molecule has 0 radical (unpaired) electrons. The van der Waals surface area contributed by atoms with Gasteiger partial charge in [0.25, 0.3) is 0 Å². The predicted octanol–water partition coefficient (Wildman–Crippen LogP) is 1.79. The summed E-state index contributed by atoms with van der Waals surface area (Å²) in [5.41, 5.74) is 6.78. The second-order valence-corrected chi connectivity index (χ2v) is 4.77. The van der Waals surface area contributed by atoms with Crippen molar-refractivity contribution in [2.75, 3.05) is 19.1 Å². The molecule has 4 heteroatoms. The molecule has 4 nitrogen and oxygen atoms in total. The highest BCUT2D eigenvalue weighted by Gasteiger charge is 2.33. The molecule has 0 saturated heterocycles. The van der Waals surface area contributed by atoms with Gasteiger partial charge < -0.3 is 15.4 Å². The number of nitrogens with two attached hydrogens (primary N) is 1. The number of hydrogen-bond acceptors (Lipinski definition) is 3. The van der Waals surface area contributed by atoms with Gasteiger partial charge in [0.05, 0.1) is 18.7 Å². The van der Waals surface area contributed by atoms with E-state index in [1.165, 1.54) is 0 Å². The van der Waals surface area contributed by atoms with Crippen LogP contribution in [0.15, 0.2) is 24.3 Å². The molecule has 0 aromatic heterocycles. The van der Waals surface area contributed by atoms with Gasteiger partial charge in [-0.1, -0.05) is 18.6 Å². The van der Waals surface area contributed by atoms with Gasteiger partial charge >= 0.3 is 0 Å². The molecule has 98 valence electrons. The summed E-state index contributed by atoms with van der Waals surface area (Å²) in [6.45, 7) is 0. The second kappa shape index (κ2) is 5.40. The Morgan fingerprint density at radius 2 is 2.11 bits per heavy atom. The normalized spacial score (nSPS) is 22.8. The van der Waals surface area contributed by atoms with Gasteiger partial charge in [0, 0.05) is 13.1 Å². The van der Waals surface area contributed by atoms with Crippen LogP contribution in [0.4, 0.5) is 5.69 Å². The molecule has 1 fully saturated rings. The van der Waals surface area contributed by atoms with Crippen molar-refractivity contribution in [1.82, 2.24) is 0 Å². The summed E-state index contributed by atoms with van der Waals surface area (Å²) in [6, 6.07) is 7.53. The quantitative estimate of drug-likeness (QED) is 0.887. The van der Waals surface area contributed by atoms with Crippen LogP contribution in [0.5, 0.6) is 5.75 Å². The van der Waals surface area contributed by atoms with E-state index in [-0.39, 0.29) is 17.9 Å². The van der Waals surface area contributed by atoms with E-state index in [0.717, 1.165) is 24.9 Å². The van der Waals surface area contributed by atoms with Gasteiger partial charge in [0.1, 0.15) is 5.75 Å². The summed E-state index contributed by atoms with van der Waals surface area (Å²) >= 11 is 0. The molecule has 0 spiro atoms. The van der Waals surface area contributed by atoms with Gasteiger partial charge in [0.2, 0.25) is 5.91 Å². The van der Waals surface area contributed by atoms with E-state index in [1.807, 2.05) is 24.3 Å². The number of para-hydroxylation sites is 2. The van der Waals surface area contributed by atoms with E-state index < -0.39 is 0 Å². The van der Waals surface area contributed by atoms with Gasteiger partial charge in [-0.2, -0.15) is 0 Å². The number of ether oxygens (including phenoxy) is 1. The Balaban J connectivity index is 2.20. The summed E-state index contributed by atoms with van der Waals surface area (Å²) < 4.78 is 5.28. The summed E-state index contributed by atoms with van der Waals surface area (Å²) in [5.74, 6) is 0.740.